The number of guanidine groups is 1. The lowest BCUT2D eigenvalue weighted by Crippen LogP contribution is -2.40. The Morgan fingerprint density at radius 1 is 1.27 bits per heavy atom. The van der Waals surface area contributed by atoms with E-state index in [1.807, 2.05) is 18.3 Å². The Hall–Kier alpha value is -1.83. The van der Waals surface area contributed by atoms with Crippen LogP contribution in [0.3, 0.4) is 0 Å². The maximum atomic E-state index is 5.10. The van der Waals surface area contributed by atoms with Crippen LogP contribution in [0.25, 0.3) is 0 Å². The van der Waals surface area contributed by atoms with E-state index in [1.54, 1.807) is 7.11 Å². The number of nitrogens with one attached hydrogen (secondary N) is 1. The Balaban J connectivity index is 0.00000243. The van der Waals surface area contributed by atoms with Crippen molar-refractivity contribution in [3.63, 3.8) is 0 Å². The van der Waals surface area contributed by atoms with Gasteiger partial charge in [-0.1, -0.05) is 36.4 Å². The van der Waals surface area contributed by atoms with Gasteiger partial charge in [0.05, 0.1) is 13.7 Å². The van der Waals surface area contributed by atoms with Gasteiger partial charge in [-0.15, -0.1) is 24.0 Å². The fourth-order valence-electron chi connectivity index (χ4n) is 3.17. The molecule has 1 aromatic heterocycles. The van der Waals surface area contributed by atoms with Crippen LogP contribution >= 0.6 is 24.0 Å². The van der Waals surface area contributed by atoms with Crippen LogP contribution < -0.4 is 10.1 Å². The van der Waals surface area contributed by atoms with Crippen LogP contribution in [0.15, 0.2) is 53.7 Å². The molecule has 26 heavy (non-hydrogen) atoms. The van der Waals surface area contributed by atoms with Crippen molar-refractivity contribution < 1.29 is 4.74 Å². The molecule has 1 N–H and O–H groups in total. The van der Waals surface area contributed by atoms with Gasteiger partial charge in [-0.05, 0) is 24.5 Å². The fourth-order valence-corrected chi connectivity index (χ4v) is 3.17. The summed E-state index contributed by atoms with van der Waals surface area (Å²) in [6, 6.07) is 14.6. The minimum absolute atomic E-state index is 0. The monoisotopic (exact) mass is 466 g/mol. The Morgan fingerprint density at radius 2 is 2.08 bits per heavy atom. The Labute approximate surface area is 172 Å². The number of nitrogens with zero attached hydrogens (tertiary/aromatic N) is 3. The lowest BCUT2D eigenvalue weighted by Gasteiger charge is -2.21. The van der Waals surface area contributed by atoms with Crippen molar-refractivity contribution in [3.8, 4) is 5.88 Å². The normalized spacial score (nSPS) is 16.9. The summed E-state index contributed by atoms with van der Waals surface area (Å²) in [4.78, 5) is 11.4. The van der Waals surface area contributed by atoms with E-state index in [0.29, 0.717) is 18.3 Å². The zero-order valence-electron chi connectivity index (χ0n) is 15.4. The van der Waals surface area contributed by atoms with Gasteiger partial charge in [0, 0.05) is 37.8 Å². The van der Waals surface area contributed by atoms with Crippen LogP contribution in [-0.4, -0.2) is 42.6 Å². The first-order valence-corrected chi connectivity index (χ1v) is 8.87. The van der Waals surface area contributed by atoms with E-state index in [1.165, 1.54) is 12.0 Å². The second kappa shape index (κ2) is 10.4. The second-order valence-electron chi connectivity index (χ2n) is 6.22. The molecule has 0 spiro atoms. The Bertz CT molecular complexity index is 691. The number of hydrogen-bond acceptors (Lipinski definition) is 3. The third kappa shape index (κ3) is 5.33. The third-order valence-corrected chi connectivity index (χ3v) is 4.51. The molecule has 0 bridgehead atoms. The quantitative estimate of drug-likeness (QED) is 0.415. The molecule has 1 aromatic carbocycles. The van der Waals surface area contributed by atoms with Crippen molar-refractivity contribution in [1.82, 2.24) is 15.2 Å². The van der Waals surface area contributed by atoms with Gasteiger partial charge in [-0.3, -0.25) is 0 Å². The molecule has 2 heterocycles. The van der Waals surface area contributed by atoms with Gasteiger partial charge in [-0.2, -0.15) is 0 Å². The number of halogens is 1. The summed E-state index contributed by atoms with van der Waals surface area (Å²) < 4.78 is 5.10. The summed E-state index contributed by atoms with van der Waals surface area (Å²) in [7, 11) is 1.62. The van der Waals surface area contributed by atoms with E-state index in [0.717, 1.165) is 31.2 Å². The summed E-state index contributed by atoms with van der Waals surface area (Å²) >= 11 is 0. The highest BCUT2D eigenvalue weighted by Crippen LogP contribution is 2.26. The predicted molar refractivity (Wildman–Crippen MR) is 116 cm³/mol. The van der Waals surface area contributed by atoms with E-state index >= 15 is 0 Å². The highest BCUT2D eigenvalue weighted by molar-refractivity contribution is 14.0. The number of aliphatic imine (C=N–C) groups is 1. The van der Waals surface area contributed by atoms with Crippen molar-refractivity contribution in [2.24, 2.45) is 4.99 Å². The molecule has 0 saturated carbocycles. The molecule has 1 unspecified atom stereocenters. The van der Waals surface area contributed by atoms with Crippen LogP contribution in [0.4, 0.5) is 0 Å². The molecule has 0 radical (unpaired) electrons. The van der Waals surface area contributed by atoms with Gasteiger partial charge in [0.2, 0.25) is 5.88 Å². The van der Waals surface area contributed by atoms with Crippen LogP contribution in [0.2, 0.25) is 0 Å². The van der Waals surface area contributed by atoms with Gasteiger partial charge in [0.25, 0.3) is 0 Å². The van der Waals surface area contributed by atoms with Gasteiger partial charge < -0.3 is 15.0 Å². The smallest absolute Gasteiger partial charge is 0.212 e. The SMILES string of the molecule is CCNC(=NCc1ccc(OC)nc1)N1CCC(c2ccccc2)C1.I. The van der Waals surface area contributed by atoms with E-state index in [2.05, 4.69) is 52.5 Å². The molecular formula is C20H27IN4O. The molecule has 5 nitrogen and oxygen atoms in total. The minimum Gasteiger partial charge on any atom is -0.481 e. The molecule has 1 aliphatic heterocycles. The lowest BCUT2D eigenvalue weighted by molar-refractivity contribution is 0.397. The summed E-state index contributed by atoms with van der Waals surface area (Å²) in [5.74, 6) is 2.19. The average molecular weight is 466 g/mol. The standard InChI is InChI=1S/C20H26N4O.HI/c1-3-21-20(23-14-16-9-10-19(25-2)22-13-16)24-12-11-18(15-24)17-7-5-4-6-8-17;/h4-10,13,18H,3,11-12,14-15H2,1-2H3,(H,21,23);1H. The number of pyridine rings is 1. The second-order valence-corrected chi connectivity index (χ2v) is 6.22. The number of hydrogen-bond donors (Lipinski definition) is 1. The first-order valence-electron chi connectivity index (χ1n) is 8.87. The predicted octanol–water partition coefficient (Wildman–Crippen LogP) is 3.66. The number of rotatable bonds is 5. The molecule has 1 saturated heterocycles. The van der Waals surface area contributed by atoms with E-state index < -0.39 is 0 Å². The van der Waals surface area contributed by atoms with Crippen LogP contribution in [0.5, 0.6) is 5.88 Å². The minimum atomic E-state index is 0. The van der Waals surface area contributed by atoms with E-state index in [4.69, 9.17) is 9.73 Å². The van der Waals surface area contributed by atoms with Crippen LogP contribution in [0, 0.1) is 0 Å². The molecule has 0 amide bonds. The molecule has 1 atom stereocenters. The summed E-state index contributed by atoms with van der Waals surface area (Å²) in [6.45, 7) is 5.64. The van der Waals surface area contributed by atoms with Gasteiger partial charge in [-0.25, -0.2) is 9.98 Å². The molecule has 1 aliphatic rings. The largest absolute Gasteiger partial charge is 0.481 e. The van der Waals surface area contributed by atoms with Crippen LogP contribution in [-0.2, 0) is 6.54 Å². The van der Waals surface area contributed by atoms with Crippen molar-refractivity contribution >= 4 is 29.9 Å². The maximum absolute atomic E-state index is 5.10. The lowest BCUT2D eigenvalue weighted by atomic mass is 9.99. The summed E-state index contributed by atoms with van der Waals surface area (Å²) in [6.07, 6.45) is 2.99. The molecule has 3 rings (SSSR count). The van der Waals surface area contributed by atoms with E-state index in [-0.39, 0.29) is 24.0 Å². The van der Waals surface area contributed by atoms with Gasteiger partial charge in [0.1, 0.15) is 0 Å². The molecule has 2 aromatic rings. The number of aromatic nitrogens is 1. The maximum Gasteiger partial charge on any atom is 0.212 e. The van der Waals surface area contributed by atoms with Crippen molar-refractivity contribution in [2.45, 2.75) is 25.8 Å². The third-order valence-electron chi connectivity index (χ3n) is 4.51. The molecular weight excluding hydrogens is 439 g/mol. The fraction of sp³-hybridized carbons (Fsp3) is 0.400. The Kier molecular flexibility index (Phi) is 8.15. The average Bonchev–Trinajstić information content (AvgIpc) is 3.16. The number of likely N-dealkylation sites (tertiary alicyclic amines) is 1. The molecule has 140 valence electrons. The summed E-state index contributed by atoms with van der Waals surface area (Å²) in [5, 5.41) is 3.42. The van der Waals surface area contributed by atoms with Crippen molar-refractivity contribution in [3.05, 3.63) is 59.8 Å². The topological polar surface area (TPSA) is 49.8 Å². The zero-order valence-corrected chi connectivity index (χ0v) is 17.7. The van der Waals surface area contributed by atoms with Gasteiger partial charge in [0.15, 0.2) is 5.96 Å². The first-order chi connectivity index (χ1) is 12.3. The Morgan fingerprint density at radius 3 is 2.73 bits per heavy atom. The zero-order chi connectivity index (χ0) is 17.5. The van der Waals surface area contributed by atoms with Gasteiger partial charge >= 0.3 is 0 Å². The molecule has 1 fully saturated rings. The number of methoxy groups -OCH3 is 1. The molecule has 6 heteroatoms. The number of benzene rings is 1. The van der Waals surface area contributed by atoms with Crippen molar-refractivity contribution in [2.75, 3.05) is 26.7 Å². The highest BCUT2D eigenvalue weighted by Gasteiger charge is 2.25. The van der Waals surface area contributed by atoms with Crippen LogP contribution in [0.1, 0.15) is 30.4 Å². The highest BCUT2D eigenvalue weighted by atomic mass is 127. The number of ether oxygens (including phenoxy) is 1. The van der Waals surface area contributed by atoms with Crippen molar-refractivity contribution in [1.29, 1.82) is 0 Å². The summed E-state index contributed by atoms with van der Waals surface area (Å²) in [5.41, 5.74) is 2.50. The first kappa shape index (κ1) is 20.5. The molecule has 0 aliphatic carbocycles. The van der Waals surface area contributed by atoms with E-state index in [9.17, 15) is 0 Å².